The second-order valence-electron chi connectivity index (χ2n) is 9.19. The van der Waals surface area contributed by atoms with Gasteiger partial charge in [-0.3, -0.25) is 19.2 Å². The molecule has 0 aliphatic rings. The highest BCUT2D eigenvalue weighted by molar-refractivity contribution is 5.95. The molecule has 0 bridgehead atoms. The summed E-state index contributed by atoms with van der Waals surface area (Å²) in [6, 6.07) is 0.928. The van der Waals surface area contributed by atoms with E-state index >= 15 is 0 Å². The van der Waals surface area contributed by atoms with Crippen LogP contribution in [0.15, 0.2) is 24.3 Å². The Morgan fingerprint density at radius 2 is 1.50 bits per heavy atom. The van der Waals surface area contributed by atoms with Gasteiger partial charge in [-0.1, -0.05) is 32.4 Å². The van der Waals surface area contributed by atoms with Gasteiger partial charge in [0.2, 0.25) is 17.7 Å². The normalized spacial score (nSPS) is 14.8. The molecule has 38 heavy (non-hydrogen) atoms. The number of phenolic OH excluding ortho intramolecular Hbond substituents is 1. The summed E-state index contributed by atoms with van der Waals surface area (Å²) in [6.07, 6.45) is 1.02. The molecule has 5 unspecified atom stereocenters. The van der Waals surface area contributed by atoms with Crippen LogP contribution in [0, 0.1) is 5.92 Å². The summed E-state index contributed by atoms with van der Waals surface area (Å²) in [6.45, 7) is 3.90. The number of hydrogen-bond donors (Lipinski definition) is 8. The van der Waals surface area contributed by atoms with E-state index in [4.69, 9.17) is 16.6 Å². The maximum atomic E-state index is 13.3. The number of aromatic hydroxyl groups is 1. The summed E-state index contributed by atoms with van der Waals surface area (Å²) in [5.41, 5.74) is 11.7. The van der Waals surface area contributed by atoms with Gasteiger partial charge in [-0.05, 0) is 49.4 Å². The standard InChI is InChI=1S/C25H39N5O8/c1-3-14(2)21(24(36)28-18(25(37)38)6-4-5-11-26)30-23(35)19(12-15-7-9-16(31)10-8-15)29-22(34)17(27)13-20(32)33/h7-10,14,17-19,21,31H,3-6,11-13,26-27H2,1-2H3,(H,28,36)(H,29,34)(H,30,35)(H,32,33)(H,37,38). The highest BCUT2D eigenvalue weighted by Crippen LogP contribution is 2.14. The number of aliphatic carboxylic acids is 2. The summed E-state index contributed by atoms with van der Waals surface area (Å²) in [5.74, 6) is -5.21. The fourth-order valence-corrected chi connectivity index (χ4v) is 3.60. The highest BCUT2D eigenvalue weighted by atomic mass is 16.4. The SMILES string of the molecule is CCC(C)C(NC(=O)C(Cc1ccc(O)cc1)NC(=O)C(N)CC(=O)O)C(=O)NC(CCCCN)C(=O)O. The van der Waals surface area contributed by atoms with Crippen molar-refractivity contribution in [2.45, 2.75) is 76.5 Å². The monoisotopic (exact) mass is 537 g/mol. The summed E-state index contributed by atoms with van der Waals surface area (Å²) in [4.78, 5) is 61.5. The third-order valence-corrected chi connectivity index (χ3v) is 6.10. The van der Waals surface area contributed by atoms with Crippen LogP contribution in [-0.2, 0) is 30.4 Å². The fourth-order valence-electron chi connectivity index (χ4n) is 3.60. The van der Waals surface area contributed by atoms with Gasteiger partial charge in [0.05, 0.1) is 12.5 Å². The zero-order valence-corrected chi connectivity index (χ0v) is 21.7. The minimum absolute atomic E-state index is 0.00443. The smallest absolute Gasteiger partial charge is 0.326 e. The van der Waals surface area contributed by atoms with Crippen LogP contribution in [0.1, 0.15) is 51.5 Å². The molecule has 0 fully saturated rings. The fraction of sp³-hybridized carbons (Fsp3) is 0.560. The van der Waals surface area contributed by atoms with Crippen molar-refractivity contribution in [3.8, 4) is 5.75 Å². The Kier molecular flexibility index (Phi) is 13.8. The number of amides is 3. The quantitative estimate of drug-likeness (QED) is 0.118. The largest absolute Gasteiger partial charge is 0.508 e. The number of carbonyl (C=O) groups excluding carboxylic acids is 3. The van der Waals surface area contributed by atoms with Crippen molar-refractivity contribution in [3.05, 3.63) is 29.8 Å². The minimum Gasteiger partial charge on any atom is -0.508 e. The molecule has 0 aliphatic heterocycles. The summed E-state index contributed by atoms with van der Waals surface area (Å²) in [5, 5.41) is 35.5. The van der Waals surface area contributed by atoms with E-state index in [0.29, 0.717) is 31.4 Å². The average Bonchev–Trinajstić information content (AvgIpc) is 2.86. The van der Waals surface area contributed by atoms with E-state index in [0.717, 1.165) is 0 Å². The van der Waals surface area contributed by atoms with Crippen LogP contribution >= 0.6 is 0 Å². The van der Waals surface area contributed by atoms with Crippen molar-refractivity contribution >= 4 is 29.7 Å². The summed E-state index contributed by atoms with van der Waals surface area (Å²) < 4.78 is 0. The van der Waals surface area contributed by atoms with E-state index in [1.165, 1.54) is 24.3 Å². The van der Waals surface area contributed by atoms with Gasteiger partial charge < -0.3 is 42.7 Å². The Labute approximate surface area is 221 Å². The first-order valence-electron chi connectivity index (χ1n) is 12.5. The number of unbranched alkanes of at least 4 members (excludes halogenated alkanes) is 1. The molecule has 0 heterocycles. The van der Waals surface area contributed by atoms with E-state index in [1.54, 1.807) is 13.8 Å². The molecule has 10 N–H and O–H groups in total. The predicted molar refractivity (Wildman–Crippen MR) is 138 cm³/mol. The van der Waals surface area contributed by atoms with Gasteiger partial charge in [0.25, 0.3) is 0 Å². The molecule has 13 heteroatoms. The van der Waals surface area contributed by atoms with E-state index in [1.807, 2.05) is 0 Å². The first-order valence-corrected chi connectivity index (χ1v) is 12.5. The summed E-state index contributed by atoms with van der Waals surface area (Å²) in [7, 11) is 0. The lowest BCUT2D eigenvalue weighted by Gasteiger charge is -2.28. The molecule has 1 aromatic rings. The van der Waals surface area contributed by atoms with E-state index in [2.05, 4.69) is 16.0 Å². The van der Waals surface area contributed by atoms with Crippen molar-refractivity contribution in [3.63, 3.8) is 0 Å². The number of carboxylic acid groups (broad SMARTS) is 2. The zero-order chi connectivity index (χ0) is 28.8. The van der Waals surface area contributed by atoms with Gasteiger partial charge in [0, 0.05) is 6.42 Å². The number of carbonyl (C=O) groups is 5. The Hall–Kier alpha value is -3.71. The minimum atomic E-state index is -1.42. The lowest BCUT2D eigenvalue weighted by Crippen LogP contribution is -2.59. The first-order chi connectivity index (χ1) is 17.9. The number of carboxylic acids is 2. The third-order valence-electron chi connectivity index (χ3n) is 6.10. The molecule has 0 aliphatic carbocycles. The molecule has 0 saturated heterocycles. The van der Waals surface area contributed by atoms with Crippen LogP contribution in [0.2, 0.25) is 0 Å². The van der Waals surface area contributed by atoms with Crippen LogP contribution < -0.4 is 27.4 Å². The number of phenols is 1. The molecular formula is C25H39N5O8. The molecule has 3 amide bonds. The summed E-state index contributed by atoms with van der Waals surface area (Å²) >= 11 is 0. The molecule has 1 rings (SSSR count). The first kappa shape index (κ1) is 32.3. The molecule has 13 nitrogen and oxygen atoms in total. The maximum Gasteiger partial charge on any atom is 0.326 e. The van der Waals surface area contributed by atoms with Gasteiger partial charge >= 0.3 is 11.9 Å². The predicted octanol–water partition coefficient (Wildman–Crippen LogP) is -0.549. The lowest BCUT2D eigenvalue weighted by atomic mass is 9.96. The number of hydrogen-bond acceptors (Lipinski definition) is 8. The molecule has 0 aromatic heterocycles. The maximum absolute atomic E-state index is 13.3. The van der Waals surface area contributed by atoms with Crippen molar-refractivity contribution < 1.29 is 39.3 Å². The number of nitrogens with one attached hydrogen (secondary N) is 3. The molecule has 5 atom stereocenters. The number of nitrogens with two attached hydrogens (primary N) is 2. The molecule has 0 radical (unpaired) electrons. The van der Waals surface area contributed by atoms with Gasteiger partial charge in [-0.25, -0.2) is 4.79 Å². The molecule has 0 saturated carbocycles. The van der Waals surface area contributed by atoms with Gasteiger partial charge in [-0.15, -0.1) is 0 Å². The lowest BCUT2D eigenvalue weighted by molar-refractivity contribution is -0.143. The van der Waals surface area contributed by atoms with Crippen LogP contribution in [0.25, 0.3) is 0 Å². The second kappa shape index (κ2) is 16.2. The van der Waals surface area contributed by atoms with Crippen molar-refractivity contribution in [2.24, 2.45) is 17.4 Å². The Morgan fingerprint density at radius 3 is 2.03 bits per heavy atom. The Balaban J connectivity index is 3.13. The van der Waals surface area contributed by atoms with Crippen molar-refractivity contribution in [1.29, 1.82) is 0 Å². The van der Waals surface area contributed by atoms with Gasteiger partial charge in [0.15, 0.2) is 0 Å². The molecule has 0 spiro atoms. The second-order valence-corrected chi connectivity index (χ2v) is 9.19. The van der Waals surface area contributed by atoms with E-state index in [9.17, 15) is 34.2 Å². The number of rotatable bonds is 17. The van der Waals surface area contributed by atoms with Gasteiger partial charge in [0.1, 0.15) is 23.9 Å². The van der Waals surface area contributed by atoms with E-state index in [-0.39, 0.29) is 18.6 Å². The van der Waals surface area contributed by atoms with Crippen molar-refractivity contribution in [2.75, 3.05) is 6.54 Å². The number of benzene rings is 1. The molecular weight excluding hydrogens is 498 g/mol. The van der Waals surface area contributed by atoms with Crippen molar-refractivity contribution in [1.82, 2.24) is 16.0 Å². The molecule has 1 aromatic carbocycles. The van der Waals surface area contributed by atoms with Crippen LogP contribution in [0.3, 0.4) is 0 Å². The van der Waals surface area contributed by atoms with Crippen LogP contribution in [0.5, 0.6) is 5.75 Å². The zero-order valence-electron chi connectivity index (χ0n) is 21.7. The van der Waals surface area contributed by atoms with Gasteiger partial charge in [-0.2, -0.15) is 0 Å². The average molecular weight is 538 g/mol. The highest BCUT2D eigenvalue weighted by Gasteiger charge is 2.33. The Morgan fingerprint density at radius 1 is 0.895 bits per heavy atom. The Bertz CT molecular complexity index is 956. The molecule has 212 valence electrons. The topological polar surface area (TPSA) is 234 Å². The van der Waals surface area contributed by atoms with Crippen LogP contribution in [-0.4, -0.2) is 75.7 Å². The van der Waals surface area contributed by atoms with Crippen LogP contribution in [0.4, 0.5) is 0 Å². The third kappa shape index (κ3) is 11.1. The van der Waals surface area contributed by atoms with E-state index < -0.39 is 66.2 Å².